The molecule has 2 nitrogen and oxygen atoms in total. The van der Waals surface area contributed by atoms with E-state index in [-0.39, 0.29) is 17.4 Å². The Balaban J connectivity index is 2.00. The van der Waals surface area contributed by atoms with Crippen molar-refractivity contribution in [1.29, 1.82) is 0 Å². The molecule has 3 aliphatic carbocycles. The summed E-state index contributed by atoms with van der Waals surface area (Å²) in [7, 11) is 0. The predicted molar refractivity (Wildman–Crippen MR) is 94.9 cm³/mol. The van der Waals surface area contributed by atoms with Crippen LogP contribution in [0.5, 0.6) is 11.5 Å². The van der Waals surface area contributed by atoms with Crippen LogP contribution in [-0.4, -0.2) is 10.2 Å². The van der Waals surface area contributed by atoms with E-state index in [1.165, 1.54) is 30.9 Å². The monoisotopic (exact) mass is 314 g/mol. The maximum Gasteiger partial charge on any atom is 0.123 e. The second-order valence-corrected chi connectivity index (χ2v) is 8.15. The Bertz CT molecular complexity index is 627. The van der Waals surface area contributed by atoms with Gasteiger partial charge in [0.2, 0.25) is 0 Å². The molecule has 126 valence electrons. The highest BCUT2D eigenvalue weighted by Gasteiger charge is 2.54. The van der Waals surface area contributed by atoms with E-state index in [1.807, 2.05) is 6.07 Å². The number of aromatic hydroxyl groups is 2. The summed E-state index contributed by atoms with van der Waals surface area (Å²) in [6.45, 7) is 9.17. The highest BCUT2D eigenvalue weighted by molar-refractivity contribution is 5.51. The summed E-state index contributed by atoms with van der Waals surface area (Å²) in [5.74, 6) is 2.03. The SMILES string of the molecule is CCCCCc1cc(O)cc(O)c1[C@@H]1C=C(C)[C@@H]2C[C@H]1C2(C)C. The molecule has 0 aromatic heterocycles. The van der Waals surface area contributed by atoms with Gasteiger partial charge in [0, 0.05) is 17.5 Å². The highest BCUT2D eigenvalue weighted by Crippen LogP contribution is 2.64. The average Bonchev–Trinajstić information content (AvgIpc) is 2.45. The molecule has 0 heterocycles. The molecule has 0 aliphatic heterocycles. The van der Waals surface area contributed by atoms with Crippen LogP contribution in [0.25, 0.3) is 0 Å². The molecule has 1 saturated carbocycles. The van der Waals surface area contributed by atoms with Crippen LogP contribution in [0.2, 0.25) is 0 Å². The van der Waals surface area contributed by atoms with E-state index >= 15 is 0 Å². The van der Waals surface area contributed by atoms with Gasteiger partial charge >= 0.3 is 0 Å². The summed E-state index contributed by atoms with van der Waals surface area (Å²) in [6.07, 6.45) is 8.02. The molecule has 1 aromatic carbocycles. The zero-order valence-electron chi connectivity index (χ0n) is 14.9. The van der Waals surface area contributed by atoms with Crippen molar-refractivity contribution in [3.63, 3.8) is 0 Å². The normalized spacial score (nSPS) is 28.2. The van der Waals surface area contributed by atoms with Crippen molar-refractivity contribution in [2.45, 2.75) is 65.7 Å². The molecule has 3 atom stereocenters. The molecule has 1 aromatic rings. The number of benzene rings is 1. The van der Waals surface area contributed by atoms with Crippen molar-refractivity contribution in [1.82, 2.24) is 0 Å². The minimum Gasteiger partial charge on any atom is -0.508 e. The highest BCUT2D eigenvalue weighted by atomic mass is 16.3. The zero-order valence-corrected chi connectivity index (χ0v) is 14.9. The van der Waals surface area contributed by atoms with E-state index in [1.54, 1.807) is 0 Å². The van der Waals surface area contributed by atoms with E-state index in [0.29, 0.717) is 17.3 Å². The average molecular weight is 314 g/mol. The fraction of sp³-hybridized carbons (Fsp3) is 0.619. The van der Waals surface area contributed by atoms with Crippen molar-refractivity contribution in [3.8, 4) is 11.5 Å². The van der Waals surface area contributed by atoms with Gasteiger partial charge in [-0.1, -0.05) is 45.3 Å². The molecule has 4 rings (SSSR count). The van der Waals surface area contributed by atoms with Crippen LogP contribution in [0.1, 0.15) is 70.4 Å². The quantitative estimate of drug-likeness (QED) is 0.553. The first-order chi connectivity index (χ1) is 10.9. The minimum atomic E-state index is 0.181. The van der Waals surface area contributed by atoms with Crippen LogP contribution in [-0.2, 0) is 6.42 Å². The molecule has 0 spiro atoms. The Morgan fingerprint density at radius 3 is 2.52 bits per heavy atom. The van der Waals surface area contributed by atoms with Crippen molar-refractivity contribution in [2.75, 3.05) is 0 Å². The summed E-state index contributed by atoms with van der Waals surface area (Å²) < 4.78 is 0. The molecule has 0 unspecified atom stereocenters. The maximum absolute atomic E-state index is 10.6. The third-order valence-corrected chi connectivity index (χ3v) is 6.38. The van der Waals surface area contributed by atoms with E-state index < -0.39 is 0 Å². The Morgan fingerprint density at radius 2 is 1.91 bits per heavy atom. The van der Waals surface area contributed by atoms with E-state index in [2.05, 4.69) is 33.8 Å². The zero-order chi connectivity index (χ0) is 16.8. The Labute approximate surface area is 140 Å². The summed E-state index contributed by atoms with van der Waals surface area (Å²) >= 11 is 0. The van der Waals surface area contributed by atoms with Gasteiger partial charge < -0.3 is 10.2 Å². The van der Waals surface area contributed by atoms with Gasteiger partial charge in [-0.3, -0.25) is 0 Å². The lowest BCUT2D eigenvalue weighted by Gasteiger charge is -2.59. The Morgan fingerprint density at radius 1 is 1.17 bits per heavy atom. The van der Waals surface area contributed by atoms with Crippen LogP contribution < -0.4 is 0 Å². The van der Waals surface area contributed by atoms with Crippen LogP contribution in [0, 0.1) is 17.3 Å². The number of rotatable bonds is 5. The number of aryl methyl sites for hydroxylation is 1. The number of hydrogen-bond acceptors (Lipinski definition) is 2. The minimum absolute atomic E-state index is 0.181. The van der Waals surface area contributed by atoms with Gasteiger partial charge in [0.1, 0.15) is 11.5 Å². The van der Waals surface area contributed by atoms with Crippen molar-refractivity contribution in [2.24, 2.45) is 17.3 Å². The van der Waals surface area contributed by atoms with Gasteiger partial charge in [-0.05, 0) is 55.1 Å². The van der Waals surface area contributed by atoms with Crippen molar-refractivity contribution in [3.05, 3.63) is 34.9 Å². The molecule has 3 aliphatic rings. The third kappa shape index (κ3) is 2.66. The summed E-state index contributed by atoms with van der Waals surface area (Å²) in [5.41, 5.74) is 3.98. The van der Waals surface area contributed by atoms with Gasteiger partial charge in [-0.2, -0.15) is 0 Å². The number of hydrogen-bond donors (Lipinski definition) is 2. The summed E-state index contributed by atoms with van der Waals surface area (Å²) in [6, 6.07) is 3.38. The lowest BCUT2D eigenvalue weighted by atomic mass is 9.45. The second-order valence-electron chi connectivity index (χ2n) is 8.15. The van der Waals surface area contributed by atoms with Crippen LogP contribution in [0.4, 0.5) is 0 Å². The van der Waals surface area contributed by atoms with Gasteiger partial charge in [-0.25, -0.2) is 0 Å². The first-order valence-electron chi connectivity index (χ1n) is 9.09. The molecule has 0 amide bonds. The summed E-state index contributed by atoms with van der Waals surface area (Å²) in [5, 5.41) is 20.5. The third-order valence-electron chi connectivity index (χ3n) is 6.38. The molecule has 23 heavy (non-hydrogen) atoms. The number of phenols is 2. The first-order valence-corrected chi connectivity index (χ1v) is 9.09. The second kappa shape index (κ2) is 5.89. The van der Waals surface area contributed by atoms with Gasteiger partial charge in [0.15, 0.2) is 0 Å². The molecule has 2 bridgehead atoms. The van der Waals surface area contributed by atoms with Crippen LogP contribution >= 0.6 is 0 Å². The van der Waals surface area contributed by atoms with Crippen molar-refractivity contribution < 1.29 is 10.2 Å². The fourth-order valence-corrected chi connectivity index (χ4v) is 4.98. The first kappa shape index (κ1) is 16.4. The lowest BCUT2D eigenvalue weighted by molar-refractivity contribution is -0.0196. The molecular weight excluding hydrogens is 284 g/mol. The van der Waals surface area contributed by atoms with Crippen molar-refractivity contribution >= 4 is 0 Å². The Kier molecular flexibility index (Phi) is 4.20. The molecule has 2 heteroatoms. The lowest BCUT2D eigenvalue weighted by Crippen LogP contribution is -2.50. The smallest absolute Gasteiger partial charge is 0.123 e. The van der Waals surface area contributed by atoms with E-state index in [4.69, 9.17) is 0 Å². The number of allylic oxidation sites excluding steroid dienone is 2. The van der Waals surface area contributed by atoms with Crippen LogP contribution in [0.3, 0.4) is 0 Å². The standard InChI is InChI=1S/C21H30O2/c1-5-6-7-8-14-10-15(22)11-19(23)20(14)16-9-13(2)17-12-18(16)21(17,3)4/h9-11,16-18,22-23H,5-8,12H2,1-4H3/t16-,17+,18-/m1/s1. The summed E-state index contributed by atoms with van der Waals surface area (Å²) in [4.78, 5) is 0. The number of unbranched alkanes of at least 4 members (excludes halogenated alkanes) is 2. The van der Waals surface area contributed by atoms with Gasteiger partial charge in [0.05, 0.1) is 0 Å². The van der Waals surface area contributed by atoms with E-state index in [0.717, 1.165) is 24.0 Å². The maximum atomic E-state index is 10.6. The Hall–Kier alpha value is -1.44. The molecule has 0 saturated heterocycles. The number of fused-ring (bicyclic) bond motifs is 1. The molecular formula is C21H30O2. The van der Waals surface area contributed by atoms with E-state index in [9.17, 15) is 10.2 Å². The van der Waals surface area contributed by atoms with Gasteiger partial charge in [-0.15, -0.1) is 0 Å². The molecule has 1 fully saturated rings. The van der Waals surface area contributed by atoms with Crippen LogP contribution in [0.15, 0.2) is 23.8 Å². The fourth-order valence-electron chi connectivity index (χ4n) is 4.98. The largest absolute Gasteiger partial charge is 0.508 e. The number of phenolic OH excluding ortho intramolecular Hbond substituents is 2. The topological polar surface area (TPSA) is 40.5 Å². The molecule has 2 N–H and O–H groups in total. The van der Waals surface area contributed by atoms with Gasteiger partial charge in [0.25, 0.3) is 0 Å². The predicted octanol–water partition coefficient (Wildman–Crippen LogP) is 5.54. The molecule has 0 radical (unpaired) electrons.